The zero-order valence-electron chi connectivity index (χ0n) is 18.0. The number of anilines is 1. The Kier molecular flexibility index (Phi) is 7.46. The van der Waals surface area contributed by atoms with Gasteiger partial charge in [-0.2, -0.15) is 10.5 Å². The van der Waals surface area contributed by atoms with Crippen LogP contribution < -0.4 is 9.55 Å². The Morgan fingerprint density at radius 3 is 2.47 bits per heavy atom. The van der Waals surface area contributed by atoms with Crippen LogP contribution in [0.1, 0.15) is 46.5 Å². The molecule has 0 aliphatic heterocycles. The van der Waals surface area contributed by atoms with Crippen LogP contribution in [-0.4, -0.2) is 23.2 Å². The van der Waals surface area contributed by atoms with Gasteiger partial charge >= 0.3 is 0 Å². The second-order valence-corrected chi connectivity index (χ2v) is 7.42. The van der Waals surface area contributed by atoms with Gasteiger partial charge in [0.15, 0.2) is 0 Å². The predicted molar refractivity (Wildman–Crippen MR) is 122 cm³/mol. The maximum Gasteiger partial charge on any atom is 0.217 e. The maximum absolute atomic E-state index is 10.5. The first-order valence-corrected chi connectivity index (χ1v) is 10.1. The van der Waals surface area contributed by atoms with E-state index < -0.39 is 6.10 Å². The molecule has 1 atom stereocenters. The molecule has 1 heterocycles. The molecule has 1 unspecified atom stereocenters. The monoisotopic (exact) mass is 426 g/mol. The molecule has 3 aromatic rings. The highest BCUT2D eigenvalue weighted by Crippen LogP contribution is 2.33. The number of rotatable bonds is 8. The zero-order chi connectivity index (χ0) is 23.1. The summed E-state index contributed by atoms with van der Waals surface area (Å²) in [5, 5.41) is 38.4. The zero-order valence-corrected chi connectivity index (χ0v) is 18.0. The Morgan fingerprint density at radius 1 is 1.12 bits per heavy atom. The number of aliphatic hydroxyl groups excluding tert-OH is 2. The van der Waals surface area contributed by atoms with Gasteiger partial charge in [-0.15, -0.1) is 0 Å². The molecule has 0 saturated carbocycles. The van der Waals surface area contributed by atoms with Gasteiger partial charge in [0.05, 0.1) is 36.0 Å². The number of ether oxygens (including phenoxy) is 1. The fourth-order valence-electron chi connectivity index (χ4n) is 3.47. The fraction of sp³-hybridized carbons (Fsp3) is 0.208. The van der Waals surface area contributed by atoms with E-state index in [0.29, 0.717) is 34.7 Å². The molecule has 7 nitrogen and oxygen atoms in total. The molecule has 0 fully saturated rings. The van der Waals surface area contributed by atoms with Gasteiger partial charge in [0.1, 0.15) is 18.1 Å². The Hall–Kier alpha value is -3.85. The van der Waals surface area contributed by atoms with Gasteiger partial charge in [-0.3, -0.25) is 4.98 Å². The van der Waals surface area contributed by atoms with Gasteiger partial charge in [0.25, 0.3) is 0 Å². The molecule has 0 amide bonds. The fourth-order valence-corrected chi connectivity index (χ4v) is 3.47. The minimum Gasteiger partial charge on any atom is -0.486 e. The molecular weight excluding hydrogens is 403 g/mol. The van der Waals surface area contributed by atoms with E-state index in [9.17, 15) is 10.2 Å². The van der Waals surface area contributed by atoms with Gasteiger partial charge in [-0.1, -0.05) is 12.1 Å². The van der Waals surface area contributed by atoms with Crippen molar-refractivity contribution in [2.45, 2.75) is 32.8 Å². The molecule has 0 bridgehead atoms. The summed E-state index contributed by atoms with van der Waals surface area (Å²) in [6.45, 7) is 1.91. The molecule has 0 radical (unpaired) electrons. The summed E-state index contributed by atoms with van der Waals surface area (Å²) in [7, 11) is 1.90. The summed E-state index contributed by atoms with van der Waals surface area (Å²) in [5.74, 6) is 0.343. The summed E-state index contributed by atoms with van der Waals surface area (Å²) in [4.78, 5) is 6.33. The molecule has 8 heteroatoms. The van der Waals surface area contributed by atoms with Crippen LogP contribution >= 0.6 is 0 Å². The Balaban J connectivity index is 1.91. The Bertz CT molecular complexity index is 1170. The van der Waals surface area contributed by atoms with Gasteiger partial charge in [-0.05, 0) is 54.4 Å². The van der Waals surface area contributed by atoms with Crippen molar-refractivity contribution in [2.24, 2.45) is 0 Å². The highest BCUT2D eigenvalue weighted by molar-refractivity contribution is 6.17. The first-order valence-electron chi connectivity index (χ1n) is 10.1. The first kappa shape index (κ1) is 22.8. The summed E-state index contributed by atoms with van der Waals surface area (Å²) in [6.07, 6.45) is 0.782. The van der Waals surface area contributed by atoms with Crippen LogP contribution in [0, 0.1) is 22.7 Å². The second-order valence-electron chi connectivity index (χ2n) is 7.42. The minimum atomic E-state index is -0.854. The SMILES string of the molecule is BN(Cc1cnc(CO)c(OCc2cccc(C#N)c2)c1C(C)O)c1ccc(C#N)cc1. The molecule has 1 aromatic heterocycles. The van der Waals surface area contributed by atoms with E-state index in [4.69, 9.17) is 15.3 Å². The molecule has 160 valence electrons. The van der Waals surface area contributed by atoms with Crippen molar-refractivity contribution in [3.63, 3.8) is 0 Å². The standard InChI is InChI=1S/C24H23BN4O3/c1-16(31)23-20(13-29(25)21-7-5-17(10-26)6-8-21)12-28-22(14-30)24(23)32-15-19-4-2-3-18(9-19)11-27/h2-9,12,16,30-31H,13-15,25H2,1H3. The number of nitriles is 2. The third-order valence-corrected chi connectivity index (χ3v) is 5.08. The molecule has 2 N–H and O–H groups in total. The van der Waals surface area contributed by atoms with Crippen LogP contribution in [0.5, 0.6) is 5.75 Å². The summed E-state index contributed by atoms with van der Waals surface area (Å²) in [6, 6.07) is 18.5. The largest absolute Gasteiger partial charge is 0.486 e. The molecule has 0 aliphatic rings. The van der Waals surface area contributed by atoms with Gasteiger partial charge in [0.2, 0.25) is 7.98 Å². The predicted octanol–water partition coefficient (Wildman–Crippen LogP) is 2.50. The van der Waals surface area contributed by atoms with E-state index in [1.165, 1.54) is 0 Å². The van der Waals surface area contributed by atoms with Crippen LogP contribution in [0.3, 0.4) is 0 Å². The lowest BCUT2D eigenvalue weighted by atomic mass is 10.0. The Morgan fingerprint density at radius 2 is 1.84 bits per heavy atom. The third-order valence-electron chi connectivity index (χ3n) is 5.08. The number of hydrogen-bond acceptors (Lipinski definition) is 7. The van der Waals surface area contributed by atoms with Gasteiger partial charge < -0.3 is 19.8 Å². The van der Waals surface area contributed by atoms with Crippen molar-refractivity contribution in [3.8, 4) is 17.9 Å². The smallest absolute Gasteiger partial charge is 0.217 e. The van der Waals surface area contributed by atoms with Crippen molar-refractivity contribution in [2.75, 3.05) is 4.81 Å². The van der Waals surface area contributed by atoms with Gasteiger partial charge in [-0.25, -0.2) is 0 Å². The van der Waals surface area contributed by atoms with Crippen molar-refractivity contribution in [3.05, 3.63) is 88.2 Å². The Labute approximate surface area is 188 Å². The molecule has 0 aliphatic carbocycles. The maximum atomic E-state index is 10.5. The number of aliphatic hydroxyl groups is 2. The number of hydrogen-bond donors (Lipinski definition) is 2. The summed E-state index contributed by atoms with van der Waals surface area (Å²) in [5.41, 5.74) is 4.46. The summed E-state index contributed by atoms with van der Waals surface area (Å²) >= 11 is 0. The van der Waals surface area contributed by atoms with Crippen LogP contribution in [0.15, 0.2) is 54.7 Å². The van der Waals surface area contributed by atoms with Crippen LogP contribution in [0.25, 0.3) is 0 Å². The highest BCUT2D eigenvalue weighted by Gasteiger charge is 2.21. The van der Waals surface area contributed by atoms with Crippen LogP contribution in [0.2, 0.25) is 0 Å². The number of nitrogens with zero attached hydrogens (tertiary/aromatic N) is 4. The topological polar surface area (TPSA) is 113 Å². The lowest BCUT2D eigenvalue weighted by Crippen LogP contribution is -2.21. The lowest BCUT2D eigenvalue weighted by molar-refractivity contribution is 0.185. The number of benzene rings is 2. The molecule has 3 rings (SSSR count). The first-order chi connectivity index (χ1) is 15.5. The van der Waals surface area contributed by atoms with E-state index in [-0.39, 0.29) is 13.2 Å². The van der Waals surface area contributed by atoms with Crippen molar-refractivity contribution >= 4 is 13.7 Å². The molecular formula is C24H23BN4O3. The number of aromatic nitrogens is 1. The minimum absolute atomic E-state index is 0.166. The quantitative estimate of drug-likeness (QED) is 0.532. The normalized spacial score (nSPS) is 11.3. The van der Waals surface area contributed by atoms with Crippen molar-refractivity contribution in [1.29, 1.82) is 10.5 Å². The van der Waals surface area contributed by atoms with Gasteiger partial charge in [0, 0.05) is 24.0 Å². The lowest BCUT2D eigenvalue weighted by Gasteiger charge is -2.25. The van der Waals surface area contributed by atoms with E-state index >= 15 is 0 Å². The molecule has 0 spiro atoms. The van der Waals surface area contributed by atoms with Crippen LogP contribution in [0.4, 0.5) is 5.69 Å². The van der Waals surface area contributed by atoms with E-state index in [0.717, 1.165) is 16.8 Å². The van der Waals surface area contributed by atoms with Crippen molar-refractivity contribution < 1.29 is 14.9 Å². The average Bonchev–Trinajstić information content (AvgIpc) is 2.82. The third kappa shape index (κ3) is 5.25. The molecule has 32 heavy (non-hydrogen) atoms. The second kappa shape index (κ2) is 10.5. The molecule has 0 saturated heterocycles. The summed E-state index contributed by atoms with van der Waals surface area (Å²) < 4.78 is 6.02. The average molecular weight is 426 g/mol. The van der Waals surface area contributed by atoms with E-state index in [1.807, 2.05) is 31.0 Å². The van der Waals surface area contributed by atoms with E-state index in [1.54, 1.807) is 43.5 Å². The molecule has 2 aromatic carbocycles. The van der Waals surface area contributed by atoms with Crippen molar-refractivity contribution in [1.82, 2.24) is 4.98 Å². The number of pyridine rings is 1. The van der Waals surface area contributed by atoms with Crippen LogP contribution in [-0.2, 0) is 19.8 Å². The van der Waals surface area contributed by atoms with E-state index in [2.05, 4.69) is 17.1 Å². The highest BCUT2D eigenvalue weighted by atomic mass is 16.5.